The van der Waals surface area contributed by atoms with Crippen molar-refractivity contribution in [2.75, 3.05) is 0 Å². The summed E-state index contributed by atoms with van der Waals surface area (Å²) in [6.45, 7) is 2.16. The van der Waals surface area contributed by atoms with Crippen molar-refractivity contribution in [3.05, 3.63) is 36.5 Å². The lowest BCUT2D eigenvalue weighted by molar-refractivity contribution is -0.137. The van der Waals surface area contributed by atoms with Gasteiger partial charge >= 0.3 is 5.97 Å². The Morgan fingerprint density at radius 3 is 2.25 bits per heavy atom. The van der Waals surface area contributed by atoms with Crippen LogP contribution in [0, 0.1) is 11.8 Å². The van der Waals surface area contributed by atoms with Gasteiger partial charge in [-0.2, -0.15) is 0 Å². The third-order valence-electron chi connectivity index (χ3n) is 3.23. The minimum Gasteiger partial charge on any atom is -0.481 e. The molecule has 0 radical (unpaired) electrons. The summed E-state index contributed by atoms with van der Waals surface area (Å²) < 4.78 is 0. The fourth-order valence-corrected chi connectivity index (χ4v) is 1.87. The molecule has 0 aliphatic carbocycles. The highest BCUT2D eigenvalue weighted by Crippen LogP contribution is 2.02. The number of unbranched alkanes of at least 4 members (excludes halogenated alkanes) is 3. The largest absolute Gasteiger partial charge is 0.481 e. The highest BCUT2D eigenvalue weighted by molar-refractivity contribution is 5.66. The zero-order valence-corrected chi connectivity index (χ0v) is 14.5. The second-order valence-corrected chi connectivity index (χ2v) is 5.59. The van der Waals surface area contributed by atoms with Crippen molar-refractivity contribution in [2.24, 2.45) is 0 Å². The first kappa shape index (κ1) is 22.2. The summed E-state index contributed by atoms with van der Waals surface area (Å²) >= 11 is 0. The van der Waals surface area contributed by atoms with Crippen LogP contribution in [0.2, 0.25) is 0 Å². The van der Waals surface area contributed by atoms with Gasteiger partial charge in [-0.1, -0.05) is 56.2 Å². The Bertz CT molecular complexity index is 466. The van der Waals surface area contributed by atoms with E-state index in [2.05, 4.69) is 18.8 Å². The minimum absolute atomic E-state index is 0.0723. The van der Waals surface area contributed by atoms with Crippen molar-refractivity contribution in [1.29, 1.82) is 0 Å². The van der Waals surface area contributed by atoms with Crippen LogP contribution in [0.15, 0.2) is 36.5 Å². The van der Waals surface area contributed by atoms with Crippen molar-refractivity contribution < 1.29 is 20.1 Å². The number of hydrogen-bond acceptors (Lipinski definition) is 3. The summed E-state index contributed by atoms with van der Waals surface area (Å²) in [4.78, 5) is 10.3. The number of aliphatic carboxylic acids is 1. The lowest BCUT2D eigenvalue weighted by Crippen LogP contribution is -2.03. The summed E-state index contributed by atoms with van der Waals surface area (Å²) in [6.07, 6.45) is 14.8. The van der Waals surface area contributed by atoms with Crippen LogP contribution in [-0.4, -0.2) is 33.5 Å². The van der Waals surface area contributed by atoms with E-state index in [4.69, 9.17) is 5.11 Å². The van der Waals surface area contributed by atoms with Crippen LogP contribution in [0.3, 0.4) is 0 Å². The van der Waals surface area contributed by atoms with E-state index in [0.29, 0.717) is 19.3 Å². The van der Waals surface area contributed by atoms with Gasteiger partial charge in [0.15, 0.2) is 0 Å². The Balaban J connectivity index is 3.85. The quantitative estimate of drug-likeness (QED) is 0.289. The molecule has 4 heteroatoms. The Hall–Kier alpha value is -1.83. The predicted octanol–water partition coefficient (Wildman–Crippen LogP) is 3.61. The molecule has 2 atom stereocenters. The molecule has 0 heterocycles. The topological polar surface area (TPSA) is 77.8 Å². The number of allylic oxidation sites excluding steroid dienone is 4. The molecule has 0 rings (SSSR count). The molecule has 0 aromatic carbocycles. The smallest absolute Gasteiger partial charge is 0.303 e. The third kappa shape index (κ3) is 16.5. The lowest BCUT2D eigenvalue weighted by Gasteiger charge is -2.02. The van der Waals surface area contributed by atoms with Crippen LogP contribution in [0.4, 0.5) is 0 Å². The molecular formula is C20H30O4. The van der Waals surface area contributed by atoms with Gasteiger partial charge in [-0.3, -0.25) is 4.79 Å². The molecule has 24 heavy (non-hydrogen) atoms. The Morgan fingerprint density at radius 1 is 0.958 bits per heavy atom. The van der Waals surface area contributed by atoms with E-state index in [1.165, 1.54) is 12.8 Å². The van der Waals surface area contributed by atoms with Gasteiger partial charge in [0.25, 0.3) is 0 Å². The summed E-state index contributed by atoms with van der Waals surface area (Å²) in [5.41, 5.74) is 0. The molecule has 0 bridgehead atoms. The number of aliphatic hydroxyl groups is 2. The fourth-order valence-electron chi connectivity index (χ4n) is 1.87. The number of rotatable bonds is 12. The molecular weight excluding hydrogens is 304 g/mol. The molecule has 0 amide bonds. The summed E-state index contributed by atoms with van der Waals surface area (Å²) in [7, 11) is 0. The van der Waals surface area contributed by atoms with Gasteiger partial charge in [0.05, 0.1) is 12.2 Å². The molecule has 0 saturated heterocycles. The summed E-state index contributed by atoms with van der Waals surface area (Å²) in [5, 5.41) is 27.8. The van der Waals surface area contributed by atoms with Gasteiger partial charge in [0, 0.05) is 19.3 Å². The highest BCUT2D eigenvalue weighted by Gasteiger charge is 2.01. The van der Waals surface area contributed by atoms with E-state index >= 15 is 0 Å². The van der Waals surface area contributed by atoms with Crippen molar-refractivity contribution in [1.82, 2.24) is 0 Å². The van der Waals surface area contributed by atoms with Crippen molar-refractivity contribution >= 4 is 5.97 Å². The van der Waals surface area contributed by atoms with Crippen molar-refractivity contribution in [2.45, 2.75) is 70.5 Å². The minimum atomic E-state index is -0.847. The van der Waals surface area contributed by atoms with Crippen molar-refractivity contribution in [3.8, 4) is 11.8 Å². The number of carboxylic acid groups (broad SMARTS) is 1. The average molecular weight is 334 g/mol. The van der Waals surface area contributed by atoms with Crippen LogP contribution in [0.1, 0.15) is 58.3 Å². The van der Waals surface area contributed by atoms with Crippen LogP contribution < -0.4 is 0 Å². The maximum Gasteiger partial charge on any atom is 0.303 e. The van der Waals surface area contributed by atoms with Crippen LogP contribution in [0.5, 0.6) is 0 Å². The van der Waals surface area contributed by atoms with E-state index in [9.17, 15) is 15.0 Å². The van der Waals surface area contributed by atoms with Crippen LogP contribution in [-0.2, 0) is 4.79 Å². The Kier molecular flexibility index (Phi) is 14.8. The van der Waals surface area contributed by atoms with Gasteiger partial charge < -0.3 is 15.3 Å². The molecule has 0 spiro atoms. The molecule has 4 nitrogen and oxygen atoms in total. The summed E-state index contributed by atoms with van der Waals surface area (Å²) in [6, 6.07) is 0. The highest BCUT2D eigenvalue weighted by atomic mass is 16.4. The molecule has 0 aromatic rings. The number of hydrogen-bond donors (Lipinski definition) is 3. The first-order chi connectivity index (χ1) is 11.6. The molecule has 0 fully saturated rings. The van der Waals surface area contributed by atoms with Gasteiger partial charge in [-0.25, -0.2) is 0 Å². The number of carbonyl (C=O) groups is 1. The maximum absolute atomic E-state index is 10.3. The van der Waals surface area contributed by atoms with E-state index in [-0.39, 0.29) is 6.42 Å². The van der Waals surface area contributed by atoms with E-state index in [0.717, 1.165) is 12.8 Å². The number of aliphatic hydroxyl groups excluding tert-OH is 2. The van der Waals surface area contributed by atoms with E-state index in [1.54, 1.807) is 36.5 Å². The van der Waals surface area contributed by atoms with Gasteiger partial charge in [-0.15, -0.1) is 11.8 Å². The predicted molar refractivity (Wildman–Crippen MR) is 97.5 cm³/mol. The Morgan fingerprint density at radius 2 is 1.62 bits per heavy atom. The zero-order valence-electron chi connectivity index (χ0n) is 14.5. The number of carboxylic acids is 1. The molecule has 0 aliphatic rings. The first-order valence-electron chi connectivity index (χ1n) is 8.61. The third-order valence-corrected chi connectivity index (χ3v) is 3.23. The zero-order chi connectivity index (χ0) is 18.0. The average Bonchev–Trinajstić information content (AvgIpc) is 2.53. The Labute approximate surface area is 145 Å². The van der Waals surface area contributed by atoms with Crippen LogP contribution >= 0.6 is 0 Å². The maximum atomic E-state index is 10.3. The monoisotopic (exact) mass is 334 g/mol. The summed E-state index contributed by atoms with van der Waals surface area (Å²) in [5.74, 6) is 5.19. The molecule has 0 unspecified atom stereocenters. The molecule has 0 aromatic heterocycles. The second kappa shape index (κ2) is 16.0. The van der Waals surface area contributed by atoms with Gasteiger partial charge in [0.1, 0.15) is 0 Å². The van der Waals surface area contributed by atoms with Crippen LogP contribution in [0.25, 0.3) is 0 Å². The molecule has 0 aliphatic heterocycles. The molecule has 134 valence electrons. The van der Waals surface area contributed by atoms with E-state index in [1.807, 2.05) is 0 Å². The first-order valence-corrected chi connectivity index (χ1v) is 8.61. The van der Waals surface area contributed by atoms with Gasteiger partial charge in [-0.05, 0) is 19.3 Å². The standard InChI is InChI=1S/C20H30O4/c1-2-3-4-5-6-9-13-18(21)14-10-7-8-11-15-19(22)16-12-17-20(23)24/h7-8,10-11,14-15,18-19,21-22H,2-5,12-13,16-17H2,1H3,(H,23,24)/t18-,19-/m1/s1. The molecule has 0 saturated carbocycles. The second-order valence-electron chi connectivity index (χ2n) is 5.59. The normalized spacial score (nSPS) is 14.1. The molecule has 3 N–H and O–H groups in total. The van der Waals surface area contributed by atoms with Crippen molar-refractivity contribution in [3.63, 3.8) is 0 Å². The van der Waals surface area contributed by atoms with E-state index < -0.39 is 18.2 Å². The van der Waals surface area contributed by atoms with Gasteiger partial charge in [0.2, 0.25) is 0 Å². The SMILES string of the molecule is CCCCCC#CC[C@@H](O)C=CC=CC=C[C@@H](O)CCCC(=O)O. The fraction of sp³-hybridized carbons (Fsp3) is 0.550. The lowest BCUT2D eigenvalue weighted by atomic mass is 10.1.